The van der Waals surface area contributed by atoms with Crippen molar-refractivity contribution in [2.24, 2.45) is 0 Å². The first kappa shape index (κ1) is 11.0. The van der Waals surface area contributed by atoms with Gasteiger partial charge in [0.15, 0.2) is 5.78 Å². The first-order valence-electron chi connectivity index (χ1n) is 6.41. The zero-order valence-electron chi connectivity index (χ0n) is 10.6. The molecule has 0 saturated carbocycles. The Morgan fingerprint density at radius 3 is 2.20 bits per heavy atom. The van der Waals surface area contributed by atoms with Crippen molar-refractivity contribution in [3.63, 3.8) is 0 Å². The summed E-state index contributed by atoms with van der Waals surface area (Å²) < 4.78 is 0. The molecule has 1 aliphatic rings. The van der Waals surface area contributed by atoms with Gasteiger partial charge in [-0.25, -0.2) is 0 Å². The molecule has 0 unspecified atom stereocenters. The van der Waals surface area contributed by atoms with E-state index in [1.165, 1.54) is 0 Å². The Morgan fingerprint density at radius 1 is 0.800 bits per heavy atom. The highest BCUT2D eigenvalue weighted by molar-refractivity contribution is 6.26. The maximum absolute atomic E-state index is 12.5. The molecule has 0 bridgehead atoms. The number of hydrogen-bond donors (Lipinski definition) is 0. The van der Waals surface area contributed by atoms with E-state index in [1.54, 1.807) is 6.07 Å². The van der Waals surface area contributed by atoms with Crippen LogP contribution >= 0.6 is 0 Å². The molecular formula is C18H9NO. The number of fused-ring (bicyclic) bond motifs is 5. The van der Waals surface area contributed by atoms with Crippen molar-refractivity contribution in [1.82, 2.24) is 0 Å². The van der Waals surface area contributed by atoms with Crippen LogP contribution in [0.1, 0.15) is 21.5 Å². The van der Waals surface area contributed by atoms with Gasteiger partial charge in [0.1, 0.15) is 0 Å². The number of rotatable bonds is 0. The largest absolute Gasteiger partial charge is 0.289 e. The average Bonchev–Trinajstić information content (AvgIpc) is 2.80. The lowest BCUT2D eigenvalue weighted by atomic mass is 9.94. The number of carbonyl (C=O) groups excluding carboxylic acids is 1. The van der Waals surface area contributed by atoms with Crippen LogP contribution in [-0.2, 0) is 0 Å². The van der Waals surface area contributed by atoms with E-state index in [0.717, 1.165) is 27.5 Å². The Labute approximate surface area is 115 Å². The second-order valence-electron chi connectivity index (χ2n) is 4.88. The molecule has 20 heavy (non-hydrogen) atoms. The van der Waals surface area contributed by atoms with Crippen LogP contribution in [-0.4, -0.2) is 5.78 Å². The molecule has 0 atom stereocenters. The fourth-order valence-electron chi connectivity index (χ4n) is 2.98. The predicted octanol–water partition coefficient (Wildman–Crippen LogP) is 3.92. The summed E-state index contributed by atoms with van der Waals surface area (Å²) in [6, 6.07) is 19.3. The van der Waals surface area contributed by atoms with Crippen LogP contribution < -0.4 is 0 Å². The van der Waals surface area contributed by atoms with Gasteiger partial charge in [0.05, 0.1) is 11.6 Å². The molecule has 2 heteroatoms. The predicted molar refractivity (Wildman–Crippen MR) is 77.5 cm³/mol. The van der Waals surface area contributed by atoms with Gasteiger partial charge in [-0.05, 0) is 17.0 Å². The third kappa shape index (κ3) is 1.24. The summed E-state index contributed by atoms with van der Waals surface area (Å²) in [6.07, 6.45) is 0. The normalized spacial score (nSPS) is 12.1. The molecule has 3 aromatic carbocycles. The van der Waals surface area contributed by atoms with E-state index in [9.17, 15) is 10.1 Å². The molecular weight excluding hydrogens is 246 g/mol. The van der Waals surface area contributed by atoms with Crippen LogP contribution in [0.2, 0.25) is 0 Å². The molecule has 0 heterocycles. The molecule has 0 aliphatic heterocycles. The Hall–Kier alpha value is -2.92. The minimum Gasteiger partial charge on any atom is -0.289 e. The van der Waals surface area contributed by atoms with Gasteiger partial charge in [-0.3, -0.25) is 4.79 Å². The molecule has 92 valence electrons. The standard InChI is InChI=1S/C18H9NO/c19-10-11-9-16-17(13-6-2-1-5-12(11)13)14-7-3-4-8-15(14)18(16)20/h1-9H. The lowest BCUT2D eigenvalue weighted by molar-refractivity contribution is 0.104. The van der Waals surface area contributed by atoms with Crippen molar-refractivity contribution in [1.29, 1.82) is 5.26 Å². The van der Waals surface area contributed by atoms with E-state index >= 15 is 0 Å². The van der Waals surface area contributed by atoms with Crippen molar-refractivity contribution in [3.05, 3.63) is 71.3 Å². The number of nitrogens with zero attached hydrogens (tertiary/aromatic N) is 1. The van der Waals surface area contributed by atoms with Crippen molar-refractivity contribution in [2.45, 2.75) is 0 Å². The molecule has 0 N–H and O–H groups in total. The summed E-state index contributed by atoms with van der Waals surface area (Å²) >= 11 is 0. The molecule has 1 aliphatic carbocycles. The minimum absolute atomic E-state index is 0.0119. The number of carbonyl (C=O) groups is 1. The first-order chi connectivity index (χ1) is 9.81. The molecule has 4 rings (SSSR count). The lowest BCUT2D eigenvalue weighted by Crippen LogP contribution is -1.96. The van der Waals surface area contributed by atoms with Gasteiger partial charge in [-0.15, -0.1) is 0 Å². The van der Waals surface area contributed by atoms with Gasteiger partial charge in [0, 0.05) is 22.1 Å². The molecule has 0 radical (unpaired) electrons. The summed E-state index contributed by atoms with van der Waals surface area (Å²) in [6.45, 7) is 0. The van der Waals surface area contributed by atoms with E-state index in [2.05, 4.69) is 6.07 Å². The minimum atomic E-state index is 0.0119. The lowest BCUT2D eigenvalue weighted by Gasteiger charge is -2.07. The number of hydrogen-bond acceptors (Lipinski definition) is 2. The first-order valence-corrected chi connectivity index (χ1v) is 6.41. The highest BCUT2D eigenvalue weighted by Crippen LogP contribution is 2.42. The van der Waals surface area contributed by atoms with E-state index in [1.807, 2.05) is 48.5 Å². The maximum Gasteiger partial charge on any atom is 0.194 e. The van der Waals surface area contributed by atoms with E-state index < -0.39 is 0 Å². The Kier molecular flexibility index (Phi) is 2.07. The van der Waals surface area contributed by atoms with Crippen LogP contribution in [0.4, 0.5) is 0 Å². The summed E-state index contributed by atoms with van der Waals surface area (Å²) in [4.78, 5) is 12.5. The average molecular weight is 255 g/mol. The van der Waals surface area contributed by atoms with E-state index in [4.69, 9.17) is 0 Å². The van der Waals surface area contributed by atoms with Crippen LogP contribution in [0.3, 0.4) is 0 Å². The molecule has 0 amide bonds. The topological polar surface area (TPSA) is 40.9 Å². The van der Waals surface area contributed by atoms with Crippen LogP contribution in [0.15, 0.2) is 54.6 Å². The van der Waals surface area contributed by atoms with Crippen molar-refractivity contribution in [3.8, 4) is 17.2 Å². The second kappa shape index (κ2) is 3.79. The van der Waals surface area contributed by atoms with Crippen LogP contribution in [0, 0.1) is 11.3 Å². The van der Waals surface area contributed by atoms with E-state index in [0.29, 0.717) is 11.1 Å². The zero-order valence-corrected chi connectivity index (χ0v) is 10.6. The third-order valence-electron chi connectivity index (χ3n) is 3.85. The highest BCUT2D eigenvalue weighted by atomic mass is 16.1. The number of nitriles is 1. The summed E-state index contributed by atoms with van der Waals surface area (Å²) in [5.41, 5.74) is 3.85. The van der Waals surface area contributed by atoms with Gasteiger partial charge < -0.3 is 0 Å². The Balaban J connectivity index is 2.25. The zero-order chi connectivity index (χ0) is 13.7. The fourth-order valence-corrected chi connectivity index (χ4v) is 2.98. The van der Waals surface area contributed by atoms with E-state index in [-0.39, 0.29) is 5.78 Å². The Morgan fingerprint density at radius 2 is 1.45 bits per heavy atom. The monoisotopic (exact) mass is 255 g/mol. The van der Waals surface area contributed by atoms with Gasteiger partial charge in [0.25, 0.3) is 0 Å². The second-order valence-corrected chi connectivity index (χ2v) is 4.88. The number of ketones is 1. The summed E-state index contributed by atoms with van der Waals surface area (Å²) in [5.74, 6) is 0.0119. The quantitative estimate of drug-likeness (QED) is 0.477. The molecule has 0 fully saturated rings. The maximum atomic E-state index is 12.5. The van der Waals surface area contributed by atoms with Gasteiger partial charge >= 0.3 is 0 Å². The molecule has 0 saturated heterocycles. The summed E-state index contributed by atoms with van der Waals surface area (Å²) in [7, 11) is 0. The van der Waals surface area contributed by atoms with Crippen molar-refractivity contribution in [2.75, 3.05) is 0 Å². The highest BCUT2D eigenvalue weighted by Gasteiger charge is 2.28. The number of benzene rings is 3. The Bertz CT molecular complexity index is 932. The SMILES string of the molecule is N#Cc1cc2c(c3ccccc13)-c1ccccc1C2=O. The molecule has 0 aromatic heterocycles. The molecule has 2 nitrogen and oxygen atoms in total. The van der Waals surface area contributed by atoms with Gasteiger partial charge in [-0.2, -0.15) is 5.26 Å². The third-order valence-corrected chi connectivity index (χ3v) is 3.85. The molecule has 3 aromatic rings. The summed E-state index contributed by atoms with van der Waals surface area (Å²) in [5, 5.41) is 11.2. The van der Waals surface area contributed by atoms with Crippen molar-refractivity contribution < 1.29 is 4.79 Å². The molecule has 0 spiro atoms. The van der Waals surface area contributed by atoms with Crippen molar-refractivity contribution >= 4 is 16.6 Å². The fraction of sp³-hybridized carbons (Fsp3) is 0. The van der Waals surface area contributed by atoms with Gasteiger partial charge in [-0.1, -0.05) is 48.5 Å². The smallest absolute Gasteiger partial charge is 0.194 e. The van der Waals surface area contributed by atoms with Crippen LogP contribution in [0.25, 0.3) is 21.9 Å². The van der Waals surface area contributed by atoms with Crippen LogP contribution in [0.5, 0.6) is 0 Å². The van der Waals surface area contributed by atoms with Gasteiger partial charge in [0.2, 0.25) is 0 Å².